The van der Waals surface area contributed by atoms with Crippen molar-refractivity contribution in [3.05, 3.63) is 11.9 Å². The summed E-state index contributed by atoms with van der Waals surface area (Å²) in [5.74, 6) is -1.14. The lowest BCUT2D eigenvalue weighted by molar-refractivity contribution is 0.0690. The third-order valence-electron chi connectivity index (χ3n) is 2.70. The lowest BCUT2D eigenvalue weighted by Crippen LogP contribution is -2.28. The van der Waals surface area contributed by atoms with Gasteiger partial charge in [-0.2, -0.15) is 4.31 Å². The van der Waals surface area contributed by atoms with Crippen molar-refractivity contribution in [1.82, 2.24) is 19.3 Å². The van der Waals surface area contributed by atoms with E-state index >= 15 is 0 Å². The molecule has 94 valence electrons. The predicted molar refractivity (Wildman–Crippen MR) is 57.1 cm³/mol. The van der Waals surface area contributed by atoms with Crippen LogP contribution in [0.1, 0.15) is 23.0 Å². The number of hydrogen-bond donors (Lipinski definition) is 1. The number of rotatable bonds is 3. The lowest BCUT2D eigenvalue weighted by atomic mass is 10.3. The molecule has 2 heterocycles. The molecular weight excluding hydrogens is 248 g/mol. The first kappa shape index (κ1) is 12.0. The molecule has 1 N–H and O–H groups in total. The second-order valence-corrected chi connectivity index (χ2v) is 5.93. The van der Waals surface area contributed by atoms with Crippen LogP contribution in [0.2, 0.25) is 0 Å². The van der Waals surface area contributed by atoms with Gasteiger partial charge >= 0.3 is 5.97 Å². The van der Waals surface area contributed by atoms with Crippen LogP contribution in [-0.4, -0.2) is 58.1 Å². The Hall–Kier alpha value is -1.48. The molecule has 1 aliphatic rings. The van der Waals surface area contributed by atoms with Gasteiger partial charge in [-0.3, -0.25) is 0 Å². The molecule has 0 radical (unpaired) electrons. The molecular formula is C8H12N4O4S. The maximum Gasteiger partial charge on any atom is 0.358 e. The Balaban J connectivity index is 2.12. The smallest absolute Gasteiger partial charge is 0.358 e. The number of carboxylic acids is 1. The van der Waals surface area contributed by atoms with Crippen LogP contribution < -0.4 is 0 Å². The molecule has 9 heteroatoms. The van der Waals surface area contributed by atoms with Gasteiger partial charge in [-0.05, 0) is 6.42 Å². The second kappa shape index (κ2) is 4.08. The number of carboxylic acid groups (broad SMARTS) is 1. The highest BCUT2D eigenvalue weighted by molar-refractivity contribution is 7.88. The van der Waals surface area contributed by atoms with Gasteiger partial charge in [0.25, 0.3) is 0 Å². The molecule has 17 heavy (non-hydrogen) atoms. The number of aromatic nitrogens is 3. The van der Waals surface area contributed by atoms with E-state index in [9.17, 15) is 13.2 Å². The second-order valence-electron chi connectivity index (χ2n) is 3.95. The molecule has 2 rings (SSSR count). The van der Waals surface area contributed by atoms with Gasteiger partial charge in [0, 0.05) is 13.1 Å². The molecule has 8 nitrogen and oxygen atoms in total. The lowest BCUT2D eigenvalue weighted by Gasteiger charge is -2.12. The third-order valence-corrected chi connectivity index (χ3v) is 3.97. The van der Waals surface area contributed by atoms with Crippen LogP contribution in [0.3, 0.4) is 0 Å². The Morgan fingerprint density at radius 1 is 1.59 bits per heavy atom. The van der Waals surface area contributed by atoms with Gasteiger partial charge in [0.15, 0.2) is 5.69 Å². The summed E-state index contributed by atoms with van der Waals surface area (Å²) in [4.78, 5) is 10.6. The molecule has 1 fully saturated rings. The van der Waals surface area contributed by atoms with Crippen LogP contribution in [0.15, 0.2) is 6.20 Å². The Morgan fingerprint density at radius 3 is 2.76 bits per heavy atom. The maximum absolute atomic E-state index is 11.3. The van der Waals surface area contributed by atoms with Crippen molar-refractivity contribution in [2.75, 3.05) is 19.3 Å². The molecule has 0 amide bonds. The van der Waals surface area contributed by atoms with Gasteiger partial charge in [-0.15, -0.1) is 5.10 Å². The monoisotopic (exact) mass is 260 g/mol. The van der Waals surface area contributed by atoms with Gasteiger partial charge in [0.2, 0.25) is 10.0 Å². The summed E-state index contributed by atoms with van der Waals surface area (Å²) < 4.78 is 25.4. The summed E-state index contributed by atoms with van der Waals surface area (Å²) in [5, 5.41) is 15.9. The number of nitrogens with zero attached hydrogens (tertiary/aromatic N) is 4. The minimum Gasteiger partial charge on any atom is -0.476 e. The average molecular weight is 260 g/mol. The Morgan fingerprint density at radius 2 is 2.29 bits per heavy atom. The SMILES string of the molecule is CS(=O)(=O)N1CC[C@H](n2cc(C(=O)O)nn2)C1. The highest BCUT2D eigenvalue weighted by Crippen LogP contribution is 2.22. The molecule has 0 aromatic carbocycles. The van der Waals surface area contributed by atoms with E-state index in [-0.39, 0.29) is 11.7 Å². The van der Waals surface area contributed by atoms with Crippen LogP contribution >= 0.6 is 0 Å². The van der Waals surface area contributed by atoms with Crippen LogP contribution in [0, 0.1) is 0 Å². The van der Waals surface area contributed by atoms with E-state index < -0.39 is 16.0 Å². The summed E-state index contributed by atoms with van der Waals surface area (Å²) in [6.07, 6.45) is 3.08. The van der Waals surface area contributed by atoms with Gasteiger partial charge < -0.3 is 5.11 Å². The molecule has 1 aromatic heterocycles. The Kier molecular flexibility index (Phi) is 2.87. The molecule has 1 aliphatic heterocycles. The highest BCUT2D eigenvalue weighted by Gasteiger charge is 2.30. The molecule has 0 aliphatic carbocycles. The number of aromatic carboxylic acids is 1. The first-order chi connectivity index (χ1) is 7.88. The predicted octanol–water partition coefficient (Wildman–Crippen LogP) is -0.817. The van der Waals surface area contributed by atoms with E-state index in [1.807, 2.05) is 0 Å². The van der Waals surface area contributed by atoms with Gasteiger partial charge in [-0.1, -0.05) is 5.21 Å². The molecule has 0 unspecified atom stereocenters. The van der Waals surface area contributed by atoms with Crippen molar-refractivity contribution in [3.63, 3.8) is 0 Å². The van der Waals surface area contributed by atoms with Gasteiger partial charge in [-0.25, -0.2) is 17.9 Å². The summed E-state index contributed by atoms with van der Waals surface area (Å²) >= 11 is 0. The van der Waals surface area contributed by atoms with E-state index in [1.165, 1.54) is 15.2 Å². The maximum atomic E-state index is 11.3. The van der Waals surface area contributed by atoms with Crippen LogP contribution in [0.5, 0.6) is 0 Å². The first-order valence-electron chi connectivity index (χ1n) is 4.98. The standard InChI is InChI=1S/C8H12N4O4S/c1-17(15,16)11-3-2-6(4-11)12-5-7(8(13)14)9-10-12/h5-6H,2-4H2,1H3,(H,13,14)/t6-/m0/s1. The minimum absolute atomic E-state index is 0.136. The summed E-state index contributed by atoms with van der Waals surface area (Å²) in [5.41, 5.74) is -0.136. The Labute approximate surface area is 97.9 Å². The molecule has 1 saturated heterocycles. The summed E-state index contributed by atoms with van der Waals surface area (Å²) in [6.45, 7) is 0.729. The highest BCUT2D eigenvalue weighted by atomic mass is 32.2. The van der Waals surface area contributed by atoms with Crippen molar-refractivity contribution in [2.45, 2.75) is 12.5 Å². The van der Waals surface area contributed by atoms with Crippen molar-refractivity contribution < 1.29 is 18.3 Å². The quantitative estimate of drug-likeness (QED) is 0.761. The zero-order chi connectivity index (χ0) is 12.6. The molecule has 0 spiro atoms. The van der Waals surface area contributed by atoms with Crippen molar-refractivity contribution in [1.29, 1.82) is 0 Å². The summed E-state index contributed by atoms with van der Waals surface area (Å²) in [6, 6.07) is -0.148. The van der Waals surface area contributed by atoms with Crippen LogP contribution in [-0.2, 0) is 10.0 Å². The van der Waals surface area contributed by atoms with Crippen molar-refractivity contribution >= 4 is 16.0 Å². The van der Waals surface area contributed by atoms with Crippen LogP contribution in [0.25, 0.3) is 0 Å². The van der Waals surface area contributed by atoms with Crippen molar-refractivity contribution in [2.24, 2.45) is 0 Å². The third kappa shape index (κ3) is 2.44. The fraction of sp³-hybridized carbons (Fsp3) is 0.625. The normalized spacial score (nSPS) is 21.8. The topological polar surface area (TPSA) is 105 Å². The zero-order valence-corrected chi connectivity index (χ0v) is 9.96. The zero-order valence-electron chi connectivity index (χ0n) is 9.15. The fourth-order valence-electron chi connectivity index (χ4n) is 1.78. The van der Waals surface area contributed by atoms with Gasteiger partial charge in [0.1, 0.15) is 0 Å². The largest absolute Gasteiger partial charge is 0.476 e. The Bertz CT molecular complexity index is 537. The minimum atomic E-state index is -3.20. The summed E-state index contributed by atoms with van der Waals surface area (Å²) in [7, 11) is -3.20. The average Bonchev–Trinajstić information content (AvgIpc) is 2.85. The molecule has 0 saturated carbocycles. The van der Waals surface area contributed by atoms with E-state index in [0.717, 1.165) is 6.26 Å². The number of carbonyl (C=O) groups is 1. The number of hydrogen-bond acceptors (Lipinski definition) is 5. The van der Waals surface area contributed by atoms with Gasteiger partial charge in [0.05, 0.1) is 18.5 Å². The molecule has 1 atom stereocenters. The first-order valence-corrected chi connectivity index (χ1v) is 6.83. The van der Waals surface area contributed by atoms with E-state index in [1.54, 1.807) is 0 Å². The van der Waals surface area contributed by atoms with E-state index in [4.69, 9.17) is 5.11 Å². The van der Waals surface area contributed by atoms with E-state index in [2.05, 4.69) is 10.3 Å². The molecule has 1 aromatic rings. The van der Waals surface area contributed by atoms with E-state index in [0.29, 0.717) is 19.5 Å². The molecule has 0 bridgehead atoms. The number of sulfonamides is 1. The van der Waals surface area contributed by atoms with Crippen LogP contribution in [0.4, 0.5) is 0 Å². The fourth-order valence-corrected chi connectivity index (χ4v) is 2.66. The van der Waals surface area contributed by atoms with Crippen molar-refractivity contribution in [3.8, 4) is 0 Å².